The van der Waals surface area contributed by atoms with E-state index in [1.54, 1.807) is 19.2 Å². The molecule has 1 rings (SSSR count). The van der Waals surface area contributed by atoms with Crippen molar-refractivity contribution in [2.75, 3.05) is 6.54 Å². The zero-order valence-corrected chi connectivity index (χ0v) is 13.3. The molecule has 6 heteroatoms. The first-order valence-electron chi connectivity index (χ1n) is 7.20. The van der Waals surface area contributed by atoms with Gasteiger partial charge in [0.2, 0.25) is 0 Å². The molecule has 4 nitrogen and oxygen atoms in total. The molecule has 1 aromatic rings. The maximum atomic E-state index is 13.2. The maximum Gasteiger partial charge on any atom is 0.276 e. The number of hydrogen-bond donors (Lipinski definition) is 2. The lowest BCUT2D eigenvalue weighted by Gasteiger charge is -2.27. The van der Waals surface area contributed by atoms with Crippen molar-refractivity contribution in [2.24, 2.45) is 5.92 Å². The minimum atomic E-state index is -0.920. The Morgan fingerprint density at radius 3 is 2.50 bits per heavy atom. The van der Waals surface area contributed by atoms with E-state index in [4.69, 9.17) is 5.26 Å². The van der Waals surface area contributed by atoms with Crippen molar-refractivity contribution in [3.63, 3.8) is 0 Å². The second kappa shape index (κ2) is 7.32. The molecule has 0 saturated heterocycles. The number of quaternary nitrogens is 1. The van der Waals surface area contributed by atoms with Crippen LogP contribution in [0.15, 0.2) is 18.2 Å². The Balaban J connectivity index is 2.60. The van der Waals surface area contributed by atoms with Crippen molar-refractivity contribution in [1.82, 2.24) is 5.32 Å². The number of carbonyl (C=O) groups is 1. The second-order valence-corrected chi connectivity index (χ2v) is 5.92. The van der Waals surface area contributed by atoms with Gasteiger partial charge in [0.15, 0.2) is 18.2 Å². The predicted molar refractivity (Wildman–Crippen MR) is 78.6 cm³/mol. The van der Waals surface area contributed by atoms with Gasteiger partial charge < -0.3 is 10.6 Å². The van der Waals surface area contributed by atoms with Crippen LogP contribution in [0.25, 0.3) is 0 Å². The van der Waals surface area contributed by atoms with Crippen molar-refractivity contribution < 1.29 is 18.9 Å². The standard InChI is InChI=1S/C16H21F2N3O/c1-10(2)16(4,9-19)21-15(22)8-20-11(3)12-5-6-13(17)14(18)7-12/h5-7,10-11,20H,8H2,1-4H3,(H,21,22)/p+1/t11-,16-/m1/s1. The summed E-state index contributed by atoms with van der Waals surface area (Å²) in [6, 6.07) is 5.59. The summed E-state index contributed by atoms with van der Waals surface area (Å²) in [6.07, 6.45) is 0. The van der Waals surface area contributed by atoms with Gasteiger partial charge in [0, 0.05) is 5.56 Å². The normalized spacial score (nSPS) is 15.0. The van der Waals surface area contributed by atoms with Gasteiger partial charge in [0.05, 0.1) is 6.07 Å². The van der Waals surface area contributed by atoms with E-state index >= 15 is 0 Å². The zero-order chi connectivity index (χ0) is 16.9. The average Bonchev–Trinajstić information content (AvgIpc) is 2.47. The monoisotopic (exact) mass is 310 g/mol. The van der Waals surface area contributed by atoms with Gasteiger partial charge in [-0.1, -0.05) is 13.8 Å². The molecule has 1 aromatic carbocycles. The number of nitrogens with two attached hydrogens (primary N) is 1. The number of nitrogens with zero attached hydrogens (tertiary/aromatic N) is 1. The van der Waals surface area contributed by atoms with E-state index < -0.39 is 17.2 Å². The topological polar surface area (TPSA) is 69.5 Å². The van der Waals surface area contributed by atoms with Gasteiger partial charge >= 0.3 is 0 Å². The lowest BCUT2D eigenvalue weighted by molar-refractivity contribution is -0.682. The highest BCUT2D eigenvalue weighted by molar-refractivity contribution is 5.78. The van der Waals surface area contributed by atoms with E-state index in [2.05, 4.69) is 11.4 Å². The van der Waals surface area contributed by atoms with Crippen LogP contribution in [0.1, 0.15) is 39.3 Å². The van der Waals surface area contributed by atoms with Crippen molar-refractivity contribution in [3.8, 4) is 6.07 Å². The maximum absolute atomic E-state index is 13.2. The summed E-state index contributed by atoms with van der Waals surface area (Å²) >= 11 is 0. The summed E-state index contributed by atoms with van der Waals surface area (Å²) < 4.78 is 26.1. The van der Waals surface area contributed by atoms with Crippen LogP contribution in [0.5, 0.6) is 0 Å². The Morgan fingerprint density at radius 1 is 1.36 bits per heavy atom. The van der Waals surface area contributed by atoms with Gasteiger partial charge in [0.25, 0.3) is 5.91 Å². The van der Waals surface area contributed by atoms with Crippen molar-refractivity contribution >= 4 is 5.91 Å². The number of halogens is 2. The molecule has 0 spiro atoms. The van der Waals surface area contributed by atoms with Crippen LogP contribution in [0.4, 0.5) is 8.78 Å². The highest BCUT2D eigenvalue weighted by atomic mass is 19.2. The summed E-state index contributed by atoms with van der Waals surface area (Å²) in [5.74, 6) is -2.09. The zero-order valence-electron chi connectivity index (χ0n) is 13.3. The summed E-state index contributed by atoms with van der Waals surface area (Å²) in [4.78, 5) is 12.0. The van der Waals surface area contributed by atoms with Crippen molar-refractivity contribution in [1.29, 1.82) is 5.26 Å². The number of nitrogens with one attached hydrogen (secondary N) is 1. The SMILES string of the molecule is CC(C)[C@@](C)(C#N)NC(=O)C[NH2+][C@H](C)c1ccc(F)c(F)c1. The first kappa shape index (κ1) is 18.1. The summed E-state index contributed by atoms with van der Waals surface area (Å²) in [5, 5.41) is 13.6. The summed E-state index contributed by atoms with van der Waals surface area (Å²) in [5.41, 5.74) is -0.325. The fourth-order valence-electron chi connectivity index (χ4n) is 1.86. The van der Waals surface area contributed by atoms with Gasteiger partial charge in [-0.05, 0) is 38.0 Å². The smallest absolute Gasteiger partial charge is 0.276 e. The molecular weight excluding hydrogens is 288 g/mol. The number of hydrogen-bond acceptors (Lipinski definition) is 2. The van der Waals surface area contributed by atoms with Gasteiger partial charge in [-0.15, -0.1) is 0 Å². The quantitative estimate of drug-likeness (QED) is 0.838. The Labute approximate surface area is 129 Å². The summed E-state index contributed by atoms with van der Waals surface area (Å²) in [7, 11) is 0. The molecule has 0 aromatic heterocycles. The molecule has 0 saturated carbocycles. The van der Waals surface area contributed by atoms with E-state index in [1.807, 2.05) is 13.8 Å². The molecule has 0 radical (unpaired) electrons. The van der Waals surface area contributed by atoms with E-state index in [9.17, 15) is 13.6 Å². The second-order valence-electron chi connectivity index (χ2n) is 5.92. The molecule has 0 aliphatic rings. The Morgan fingerprint density at radius 2 is 2.00 bits per heavy atom. The molecule has 1 amide bonds. The number of benzene rings is 1. The van der Waals surface area contributed by atoms with Crippen molar-refractivity contribution in [2.45, 2.75) is 39.3 Å². The molecule has 0 unspecified atom stereocenters. The average molecular weight is 310 g/mol. The molecule has 0 fully saturated rings. The third-order valence-electron chi connectivity index (χ3n) is 3.91. The van der Waals surface area contributed by atoms with Crippen LogP contribution in [-0.2, 0) is 4.79 Å². The largest absolute Gasteiger partial charge is 0.333 e. The number of carbonyl (C=O) groups excluding carboxylic acids is 1. The van der Waals surface area contributed by atoms with Crippen LogP contribution in [0.2, 0.25) is 0 Å². The third kappa shape index (κ3) is 4.50. The van der Waals surface area contributed by atoms with Gasteiger partial charge in [-0.25, -0.2) is 8.78 Å². The predicted octanol–water partition coefficient (Wildman–Crippen LogP) is 1.64. The molecule has 0 heterocycles. The van der Waals surface area contributed by atoms with Crippen LogP contribution in [-0.4, -0.2) is 18.0 Å². The fraction of sp³-hybridized carbons (Fsp3) is 0.500. The van der Waals surface area contributed by atoms with Gasteiger partial charge in [0.1, 0.15) is 11.6 Å². The molecule has 0 bridgehead atoms. The Kier molecular flexibility index (Phi) is 6.01. The van der Waals surface area contributed by atoms with E-state index in [0.29, 0.717) is 5.56 Å². The van der Waals surface area contributed by atoms with Crippen LogP contribution in [0.3, 0.4) is 0 Å². The minimum absolute atomic E-state index is 0.0231. The number of amides is 1. The third-order valence-corrected chi connectivity index (χ3v) is 3.91. The van der Waals surface area contributed by atoms with Crippen LogP contribution < -0.4 is 10.6 Å². The van der Waals surface area contributed by atoms with Crippen molar-refractivity contribution in [3.05, 3.63) is 35.4 Å². The number of rotatable bonds is 6. The molecule has 0 aliphatic carbocycles. The summed E-state index contributed by atoms with van der Waals surface area (Å²) in [6.45, 7) is 7.29. The van der Waals surface area contributed by atoms with Gasteiger partial charge in [-0.3, -0.25) is 4.79 Å². The lowest BCUT2D eigenvalue weighted by atomic mass is 9.90. The molecule has 120 valence electrons. The Bertz CT molecular complexity index is 583. The number of nitriles is 1. The first-order chi connectivity index (χ1) is 10.2. The molecule has 2 atom stereocenters. The first-order valence-corrected chi connectivity index (χ1v) is 7.20. The minimum Gasteiger partial charge on any atom is -0.333 e. The highest BCUT2D eigenvalue weighted by Gasteiger charge is 2.30. The van der Waals surface area contributed by atoms with E-state index in [-0.39, 0.29) is 24.4 Å². The molecule has 3 N–H and O–H groups in total. The molecule has 0 aliphatic heterocycles. The fourth-order valence-corrected chi connectivity index (χ4v) is 1.86. The molecular formula is C16H22F2N3O+. The highest BCUT2D eigenvalue weighted by Crippen LogP contribution is 2.15. The van der Waals surface area contributed by atoms with Crippen LogP contribution in [0, 0.1) is 28.9 Å². The van der Waals surface area contributed by atoms with E-state index in [1.165, 1.54) is 6.07 Å². The van der Waals surface area contributed by atoms with Gasteiger partial charge in [-0.2, -0.15) is 5.26 Å². The van der Waals surface area contributed by atoms with Crippen LogP contribution >= 0.6 is 0 Å². The Hall–Kier alpha value is -2.00. The lowest BCUT2D eigenvalue weighted by Crippen LogP contribution is -2.87. The molecule has 22 heavy (non-hydrogen) atoms. The van der Waals surface area contributed by atoms with E-state index in [0.717, 1.165) is 12.1 Å².